The molecule has 0 aliphatic heterocycles. The number of aromatic amines is 1. The Hall–Kier alpha value is -1.89. The first-order valence-electron chi connectivity index (χ1n) is 6.80. The van der Waals surface area contributed by atoms with Crippen molar-refractivity contribution in [2.75, 3.05) is 0 Å². The minimum Gasteiger partial charge on any atom is -0.327 e. The number of rotatable bonds is 5. The van der Waals surface area contributed by atoms with Crippen molar-refractivity contribution in [2.45, 2.75) is 32.3 Å². The van der Waals surface area contributed by atoms with Crippen LogP contribution in [0.4, 0.5) is 0 Å². The van der Waals surface area contributed by atoms with E-state index in [-0.39, 0.29) is 17.5 Å². The largest absolute Gasteiger partial charge is 0.327 e. The summed E-state index contributed by atoms with van der Waals surface area (Å²) in [5, 5.41) is -0.241. The normalized spacial score (nSPS) is 13.5. The molecule has 2 rings (SSSR count). The summed E-state index contributed by atoms with van der Waals surface area (Å²) in [7, 11) is -3.96. The van der Waals surface area contributed by atoms with E-state index in [0.717, 1.165) is 0 Å². The first kappa shape index (κ1) is 15.5. The Morgan fingerprint density at radius 2 is 1.95 bits per heavy atom. The van der Waals surface area contributed by atoms with Gasteiger partial charge >= 0.3 is 0 Å². The molecule has 2 aromatic rings. The van der Waals surface area contributed by atoms with Crippen molar-refractivity contribution >= 4 is 27.0 Å². The molecule has 114 valence electrons. The number of carbonyl (C=O) groups excluding carboxylic acids is 1. The van der Waals surface area contributed by atoms with E-state index in [1.807, 2.05) is 20.8 Å². The smallest absolute Gasteiger partial charge is 0.297 e. The summed E-state index contributed by atoms with van der Waals surface area (Å²) in [6, 6.07) is 6.97. The number of imidazole rings is 1. The highest BCUT2D eigenvalue weighted by molar-refractivity contribution is 7.89. The summed E-state index contributed by atoms with van der Waals surface area (Å²) < 4.78 is 26.3. The zero-order valence-corrected chi connectivity index (χ0v) is 13.1. The van der Waals surface area contributed by atoms with Crippen LogP contribution in [0, 0.1) is 11.8 Å². The van der Waals surface area contributed by atoms with Gasteiger partial charge in [0.25, 0.3) is 10.0 Å². The lowest BCUT2D eigenvalue weighted by molar-refractivity contribution is -0.120. The van der Waals surface area contributed by atoms with Crippen LogP contribution in [0.15, 0.2) is 29.4 Å². The topological polar surface area (TPSA) is 91.9 Å². The fourth-order valence-corrected chi connectivity index (χ4v) is 2.77. The minimum atomic E-state index is -3.96. The lowest BCUT2D eigenvalue weighted by Gasteiger charge is -2.14. The number of H-pyrrole nitrogens is 1. The average Bonchev–Trinajstić information content (AvgIpc) is 2.82. The van der Waals surface area contributed by atoms with Crippen molar-refractivity contribution in [2.24, 2.45) is 11.8 Å². The zero-order valence-electron chi connectivity index (χ0n) is 12.3. The third-order valence-corrected chi connectivity index (χ3v) is 4.71. The third kappa shape index (κ3) is 3.60. The quantitative estimate of drug-likeness (QED) is 0.884. The Kier molecular flexibility index (Phi) is 4.32. The number of hydrogen-bond acceptors (Lipinski definition) is 4. The molecule has 0 fully saturated rings. The molecule has 1 aromatic carbocycles. The van der Waals surface area contributed by atoms with Gasteiger partial charge < -0.3 is 4.98 Å². The average molecular weight is 309 g/mol. The lowest BCUT2D eigenvalue weighted by atomic mass is 9.95. The van der Waals surface area contributed by atoms with E-state index in [1.165, 1.54) is 0 Å². The van der Waals surface area contributed by atoms with Gasteiger partial charge in [0.2, 0.25) is 11.1 Å². The molecule has 1 heterocycles. The summed E-state index contributed by atoms with van der Waals surface area (Å²) in [6.07, 6.45) is 0.164. The maximum Gasteiger partial charge on any atom is 0.297 e. The molecule has 1 aromatic heterocycles. The van der Waals surface area contributed by atoms with Gasteiger partial charge in [-0.05, 0) is 24.0 Å². The van der Waals surface area contributed by atoms with Gasteiger partial charge in [0, 0.05) is 6.42 Å². The predicted molar refractivity (Wildman–Crippen MR) is 80.0 cm³/mol. The standard InChI is InChI=1S/C14H19N3O3S/c1-9(2)10(3)8-13(18)17-21(19,20)14-15-11-6-4-5-7-12(11)16-14/h4-7,9-10H,8H2,1-3H3,(H,15,16)(H,17,18)/t10-/m0/s1. The third-order valence-electron chi connectivity index (χ3n) is 3.52. The van der Waals surface area contributed by atoms with E-state index in [1.54, 1.807) is 24.3 Å². The van der Waals surface area contributed by atoms with Crippen LogP contribution in [0.25, 0.3) is 11.0 Å². The summed E-state index contributed by atoms with van der Waals surface area (Å²) >= 11 is 0. The van der Waals surface area contributed by atoms with Gasteiger partial charge in [0.15, 0.2) is 0 Å². The van der Waals surface area contributed by atoms with E-state index >= 15 is 0 Å². The second-order valence-electron chi connectivity index (χ2n) is 5.51. The van der Waals surface area contributed by atoms with E-state index in [0.29, 0.717) is 17.0 Å². The van der Waals surface area contributed by atoms with Crippen molar-refractivity contribution in [1.82, 2.24) is 14.7 Å². The summed E-state index contributed by atoms with van der Waals surface area (Å²) in [5.41, 5.74) is 1.15. The number of hydrogen-bond donors (Lipinski definition) is 2. The fraction of sp³-hybridized carbons (Fsp3) is 0.429. The summed E-state index contributed by atoms with van der Waals surface area (Å²) in [4.78, 5) is 18.5. The van der Waals surface area contributed by atoms with Gasteiger partial charge in [-0.3, -0.25) is 4.79 Å². The lowest BCUT2D eigenvalue weighted by Crippen LogP contribution is -2.32. The van der Waals surface area contributed by atoms with Gasteiger partial charge in [-0.25, -0.2) is 9.71 Å². The van der Waals surface area contributed by atoms with Crippen LogP contribution in [-0.4, -0.2) is 24.3 Å². The molecule has 6 nitrogen and oxygen atoms in total. The monoisotopic (exact) mass is 309 g/mol. The first-order valence-corrected chi connectivity index (χ1v) is 8.28. The molecule has 0 saturated heterocycles. The Morgan fingerprint density at radius 3 is 2.57 bits per heavy atom. The van der Waals surface area contributed by atoms with Crippen LogP contribution in [0.5, 0.6) is 0 Å². The number of nitrogens with one attached hydrogen (secondary N) is 2. The van der Waals surface area contributed by atoms with E-state index in [9.17, 15) is 13.2 Å². The minimum absolute atomic E-state index is 0.107. The van der Waals surface area contributed by atoms with Crippen molar-refractivity contribution in [1.29, 1.82) is 0 Å². The number of benzene rings is 1. The molecule has 0 radical (unpaired) electrons. The Labute approximate surface area is 124 Å². The zero-order chi connectivity index (χ0) is 15.6. The van der Waals surface area contributed by atoms with Gasteiger partial charge in [0.1, 0.15) is 0 Å². The van der Waals surface area contributed by atoms with Crippen LogP contribution < -0.4 is 4.72 Å². The summed E-state index contributed by atoms with van der Waals surface area (Å²) in [5.74, 6) is -0.0998. The highest BCUT2D eigenvalue weighted by atomic mass is 32.2. The summed E-state index contributed by atoms with van der Waals surface area (Å²) in [6.45, 7) is 5.90. The van der Waals surface area contributed by atoms with Crippen molar-refractivity contribution < 1.29 is 13.2 Å². The molecule has 21 heavy (non-hydrogen) atoms. The molecular formula is C14H19N3O3S. The number of aromatic nitrogens is 2. The molecule has 1 atom stereocenters. The van der Waals surface area contributed by atoms with Crippen LogP contribution in [0.3, 0.4) is 0 Å². The fourth-order valence-electron chi connectivity index (χ4n) is 1.82. The van der Waals surface area contributed by atoms with Crippen molar-refractivity contribution in [3.8, 4) is 0 Å². The second-order valence-corrected chi connectivity index (χ2v) is 7.11. The van der Waals surface area contributed by atoms with Crippen molar-refractivity contribution in [3.63, 3.8) is 0 Å². The maximum atomic E-state index is 12.1. The molecule has 0 aliphatic rings. The molecule has 0 spiro atoms. The van der Waals surface area contributed by atoms with Gasteiger partial charge in [0.05, 0.1) is 11.0 Å². The number of carbonyl (C=O) groups is 1. The molecule has 0 aliphatic carbocycles. The SMILES string of the molecule is CC(C)[C@@H](C)CC(=O)NS(=O)(=O)c1nc2ccccc2[nH]1. The molecule has 7 heteroatoms. The molecule has 1 amide bonds. The molecule has 0 saturated carbocycles. The Morgan fingerprint density at radius 1 is 1.29 bits per heavy atom. The predicted octanol–water partition coefficient (Wildman–Crippen LogP) is 2.05. The first-order chi connectivity index (χ1) is 9.79. The Balaban J connectivity index is 2.16. The van der Waals surface area contributed by atoms with Gasteiger partial charge in [-0.1, -0.05) is 32.9 Å². The van der Waals surface area contributed by atoms with Gasteiger partial charge in [-0.15, -0.1) is 0 Å². The van der Waals surface area contributed by atoms with E-state index < -0.39 is 15.9 Å². The number of nitrogens with zero attached hydrogens (tertiary/aromatic N) is 1. The van der Waals surface area contributed by atoms with Gasteiger partial charge in [-0.2, -0.15) is 8.42 Å². The molecule has 0 bridgehead atoms. The second kappa shape index (κ2) is 5.85. The van der Waals surface area contributed by atoms with Crippen LogP contribution in [0.2, 0.25) is 0 Å². The highest BCUT2D eigenvalue weighted by Crippen LogP contribution is 2.16. The Bertz CT molecular complexity index is 717. The number of amides is 1. The van der Waals surface area contributed by atoms with Crippen LogP contribution in [-0.2, 0) is 14.8 Å². The molecule has 0 unspecified atom stereocenters. The van der Waals surface area contributed by atoms with Crippen molar-refractivity contribution in [3.05, 3.63) is 24.3 Å². The molecule has 2 N–H and O–H groups in total. The maximum absolute atomic E-state index is 12.1. The highest BCUT2D eigenvalue weighted by Gasteiger charge is 2.23. The van der Waals surface area contributed by atoms with E-state index in [2.05, 4.69) is 14.7 Å². The molecular weight excluding hydrogens is 290 g/mol. The van der Waals surface area contributed by atoms with E-state index in [4.69, 9.17) is 0 Å². The van der Waals surface area contributed by atoms with Crippen LogP contribution >= 0.6 is 0 Å². The number of para-hydroxylation sites is 2. The van der Waals surface area contributed by atoms with Crippen LogP contribution in [0.1, 0.15) is 27.2 Å². The number of sulfonamides is 1. The number of fused-ring (bicyclic) bond motifs is 1.